The molecule has 0 unspecified atom stereocenters. The summed E-state index contributed by atoms with van der Waals surface area (Å²) in [6, 6.07) is 3.45. The van der Waals surface area contributed by atoms with Crippen LogP contribution in [0.25, 0.3) is 0 Å². The molecule has 0 aliphatic rings. The molecule has 0 spiro atoms. The monoisotopic (exact) mass is 155 g/mol. The predicted molar refractivity (Wildman–Crippen MR) is 40.1 cm³/mol. The van der Waals surface area contributed by atoms with Gasteiger partial charge in [-0.05, 0) is 23.8 Å². The largest absolute Gasteiger partial charge is 0.207 e. The standard InChI is InChI=1S/C9H9F2/c1-6(2)8-5-7(10)3-4-9(8)11/h3-5H,1-2H3. The summed E-state index contributed by atoms with van der Waals surface area (Å²) < 4.78 is 25.4. The van der Waals surface area contributed by atoms with Gasteiger partial charge in [0.15, 0.2) is 0 Å². The van der Waals surface area contributed by atoms with Crippen LogP contribution in [-0.4, -0.2) is 0 Å². The minimum Gasteiger partial charge on any atom is -0.207 e. The first-order chi connectivity index (χ1) is 5.11. The van der Waals surface area contributed by atoms with Gasteiger partial charge in [0, 0.05) is 5.92 Å². The minimum absolute atomic E-state index is 0.352. The highest BCUT2D eigenvalue weighted by molar-refractivity contribution is 5.29. The number of hydrogen-bond donors (Lipinski definition) is 0. The molecule has 0 bridgehead atoms. The van der Waals surface area contributed by atoms with Crippen molar-refractivity contribution in [1.82, 2.24) is 0 Å². The van der Waals surface area contributed by atoms with Gasteiger partial charge >= 0.3 is 0 Å². The highest BCUT2D eigenvalue weighted by Crippen LogP contribution is 2.17. The van der Waals surface area contributed by atoms with Gasteiger partial charge in [0.25, 0.3) is 0 Å². The number of hydrogen-bond acceptors (Lipinski definition) is 0. The lowest BCUT2D eigenvalue weighted by atomic mass is 10.0. The average molecular weight is 155 g/mol. The molecule has 0 nitrogen and oxygen atoms in total. The van der Waals surface area contributed by atoms with E-state index < -0.39 is 5.82 Å². The highest BCUT2D eigenvalue weighted by atomic mass is 19.1. The fraction of sp³-hybridized carbons (Fsp3) is 0.222. The first-order valence-electron chi connectivity index (χ1n) is 3.37. The molecule has 0 saturated heterocycles. The van der Waals surface area contributed by atoms with E-state index in [4.69, 9.17) is 0 Å². The summed E-state index contributed by atoms with van der Waals surface area (Å²) in [6.45, 7) is 3.50. The van der Waals surface area contributed by atoms with Gasteiger partial charge in [0.1, 0.15) is 11.6 Å². The van der Waals surface area contributed by atoms with Crippen molar-refractivity contribution in [2.45, 2.75) is 13.8 Å². The molecule has 0 aliphatic heterocycles. The Balaban J connectivity index is 3.13. The van der Waals surface area contributed by atoms with Crippen molar-refractivity contribution in [2.75, 3.05) is 0 Å². The molecule has 1 rings (SSSR count). The van der Waals surface area contributed by atoms with Crippen LogP contribution in [0.15, 0.2) is 18.2 Å². The van der Waals surface area contributed by atoms with Crippen LogP contribution in [0.1, 0.15) is 19.4 Å². The Labute approximate surface area is 64.9 Å². The maximum absolute atomic E-state index is 12.8. The smallest absolute Gasteiger partial charge is 0.127 e. The van der Waals surface area contributed by atoms with E-state index in [0.717, 1.165) is 18.1 Å². The lowest BCUT2D eigenvalue weighted by molar-refractivity contribution is 0.590. The van der Waals surface area contributed by atoms with Crippen molar-refractivity contribution >= 4 is 0 Å². The summed E-state index contributed by atoms with van der Waals surface area (Å²) >= 11 is 0. The highest BCUT2D eigenvalue weighted by Gasteiger charge is 2.06. The quantitative estimate of drug-likeness (QED) is 0.585. The van der Waals surface area contributed by atoms with E-state index in [2.05, 4.69) is 0 Å². The first-order valence-corrected chi connectivity index (χ1v) is 3.37. The van der Waals surface area contributed by atoms with Crippen LogP contribution in [0, 0.1) is 17.6 Å². The zero-order chi connectivity index (χ0) is 8.43. The third-order valence-corrected chi connectivity index (χ3v) is 1.47. The van der Waals surface area contributed by atoms with E-state index in [1.807, 2.05) is 0 Å². The van der Waals surface area contributed by atoms with Crippen molar-refractivity contribution in [3.05, 3.63) is 41.3 Å². The van der Waals surface area contributed by atoms with E-state index >= 15 is 0 Å². The Hall–Kier alpha value is -0.920. The topological polar surface area (TPSA) is 0 Å². The van der Waals surface area contributed by atoms with Crippen LogP contribution in [-0.2, 0) is 0 Å². The second-order valence-corrected chi connectivity index (χ2v) is 2.62. The van der Waals surface area contributed by atoms with Crippen molar-refractivity contribution in [1.29, 1.82) is 0 Å². The molecule has 0 aromatic heterocycles. The van der Waals surface area contributed by atoms with Crippen LogP contribution in [0.3, 0.4) is 0 Å². The number of rotatable bonds is 1. The van der Waals surface area contributed by atoms with Crippen molar-refractivity contribution in [3.63, 3.8) is 0 Å². The van der Waals surface area contributed by atoms with Crippen LogP contribution >= 0.6 is 0 Å². The normalized spacial score (nSPS) is 10.6. The van der Waals surface area contributed by atoms with Gasteiger partial charge in [0.05, 0.1) is 0 Å². The molecule has 0 aliphatic carbocycles. The van der Waals surface area contributed by atoms with E-state index in [0.29, 0.717) is 5.56 Å². The van der Waals surface area contributed by atoms with E-state index in [1.165, 1.54) is 6.07 Å². The van der Waals surface area contributed by atoms with E-state index in [9.17, 15) is 8.78 Å². The molecular formula is C9H9F2. The Morgan fingerprint density at radius 1 is 1.18 bits per heavy atom. The minimum atomic E-state index is -0.400. The van der Waals surface area contributed by atoms with Gasteiger partial charge in [-0.2, -0.15) is 0 Å². The molecule has 0 N–H and O–H groups in total. The Morgan fingerprint density at radius 3 is 2.27 bits per heavy atom. The zero-order valence-electron chi connectivity index (χ0n) is 6.49. The fourth-order valence-electron chi connectivity index (χ4n) is 0.881. The predicted octanol–water partition coefficient (Wildman–Crippen LogP) is 2.93. The molecule has 11 heavy (non-hydrogen) atoms. The molecule has 1 radical (unpaired) electrons. The molecule has 1 aromatic carbocycles. The fourth-order valence-corrected chi connectivity index (χ4v) is 0.881. The molecule has 0 amide bonds. The SMILES string of the molecule is C[C](C)c1cc(F)ccc1F. The summed E-state index contributed by atoms with van der Waals surface area (Å²) in [5, 5.41) is 0. The second-order valence-electron chi connectivity index (χ2n) is 2.62. The third-order valence-electron chi connectivity index (χ3n) is 1.47. The molecular weight excluding hydrogens is 146 g/mol. The molecule has 2 heteroatoms. The van der Waals surface area contributed by atoms with Crippen LogP contribution in [0.4, 0.5) is 8.78 Å². The van der Waals surface area contributed by atoms with Gasteiger partial charge in [-0.25, -0.2) is 8.78 Å². The van der Waals surface area contributed by atoms with Crippen LogP contribution in [0.2, 0.25) is 0 Å². The summed E-state index contributed by atoms with van der Waals surface area (Å²) in [6.07, 6.45) is 0. The van der Waals surface area contributed by atoms with Gasteiger partial charge in [0.2, 0.25) is 0 Å². The van der Waals surface area contributed by atoms with Gasteiger partial charge in [-0.1, -0.05) is 13.8 Å². The molecule has 0 heterocycles. The lowest BCUT2D eigenvalue weighted by Gasteiger charge is -2.04. The second kappa shape index (κ2) is 2.99. The zero-order valence-corrected chi connectivity index (χ0v) is 6.49. The van der Waals surface area contributed by atoms with E-state index in [1.54, 1.807) is 13.8 Å². The first kappa shape index (κ1) is 8.18. The van der Waals surface area contributed by atoms with E-state index in [-0.39, 0.29) is 5.82 Å². The summed E-state index contributed by atoms with van der Waals surface area (Å²) in [7, 11) is 0. The van der Waals surface area contributed by atoms with Gasteiger partial charge in [-0.3, -0.25) is 0 Å². The summed E-state index contributed by atoms with van der Waals surface area (Å²) in [5.74, 6) is 0.0102. The van der Waals surface area contributed by atoms with Gasteiger partial charge < -0.3 is 0 Å². The molecule has 59 valence electrons. The Bertz CT molecular complexity index is 254. The molecule has 1 aromatic rings. The number of halogens is 2. The van der Waals surface area contributed by atoms with Crippen LogP contribution < -0.4 is 0 Å². The van der Waals surface area contributed by atoms with Crippen molar-refractivity contribution < 1.29 is 8.78 Å². The molecule has 0 atom stereocenters. The Kier molecular flexibility index (Phi) is 2.22. The van der Waals surface area contributed by atoms with Gasteiger partial charge in [-0.15, -0.1) is 0 Å². The average Bonchev–Trinajstić information content (AvgIpc) is 1.94. The third kappa shape index (κ3) is 1.76. The van der Waals surface area contributed by atoms with Crippen molar-refractivity contribution in [2.24, 2.45) is 0 Å². The summed E-state index contributed by atoms with van der Waals surface area (Å²) in [5.41, 5.74) is 0.352. The summed E-state index contributed by atoms with van der Waals surface area (Å²) in [4.78, 5) is 0. The Morgan fingerprint density at radius 2 is 1.82 bits per heavy atom. The molecule has 0 fully saturated rings. The maximum Gasteiger partial charge on any atom is 0.127 e. The van der Waals surface area contributed by atoms with Crippen LogP contribution in [0.5, 0.6) is 0 Å². The lowest BCUT2D eigenvalue weighted by Crippen LogP contribution is -1.94. The van der Waals surface area contributed by atoms with Crippen molar-refractivity contribution in [3.8, 4) is 0 Å². The maximum atomic E-state index is 12.8. The number of benzene rings is 1. The molecule has 0 saturated carbocycles.